The molecule has 0 saturated carbocycles. The summed E-state index contributed by atoms with van der Waals surface area (Å²) >= 11 is 3.39. The van der Waals surface area contributed by atoms with Gasteiger partial charge in [-0.15, -0.1) is 11.8 Å². The first-order chi connectivity index (χ1) is 15.5. The lowest BCUT2D eigenvalue weighted by molar-refractivity contribution is 0.0376. The minimum absolute atomic E-state index is 0.0209. The number of carbonyl (C=O) groups is 1. The maximum atomic E-state index is 13.6. The van der Waals surface area contributed by atoms with Crippen LogP contribution in [0.3, 0.4) is 0 Å². The molecule has 0 radical (unpaired) electrons. The first-order valence-electron chi connectivity index (χ1n) is 11.3. The zero-order valence-corrected chi connectivity index (χ0v) is 20.7. The zero-order chi connectivity index (χ0) is 22.5. The SMILES string of the molecule is CCSc1ccc(C(=O)N(CCCN2CCOCC2)c2nc3cc(C)c(C)cc3s2)cc1. The van der Waals surface area contributed by atoms with Crippen molar-refractivity contribution < 1.29 is 9.53 Å². The number of carbonyl (C=O) groups excluding carboxylic acids is 1. The van der Waals surface area contributed by atoms with Gasteiger partial charge < -0.3 is 4.74 Å². The zero-order valence-electron chi connectivity index (χ0n) is 19.1. The summed E-state index contributed by atoms with van der Waals surface area (Å²) in [7, 11) is 0. The summed E-state index contributed by atoms with van der Waals surface area (Å²) in [6, 6.07) is 12.3. The van der Waals surface area contributed by atoms with Gasteiger partial charge in [0.1, 0.15) is 0 Å². The summed E-state index contributed by atoms with van der Waals surface area (Å²) < 4.78 is 6.58. The van der Waals surface area contributed by atoms with E-state index in [1.54, 1.807) is 23.1 Å². The van der Waals surface area contributed by atoms with Gasteiger partial charge in [0.25, 0.3) is 5.91 Å². The molecule has 0 unspecified atom stereocenters. The molecule has 2 aromatic carbocycles. The molecule has 1 aliphatic rings. The van der Waals surface area contributed by atoms with Crippen LogP contribution in [-0.2, 0) is 4.74 Å². The lowest BCUT2D eigenvalue weighted by atomic mass is 10.1. The Morgan fingerprint density at radius 2 is 1.88 bits per heavy atom. The van der Waals surface area contributed by atoms with Crippen LogP contribution in [0.5, 0.6) is 0 Å². The normalized spacial score (nSPS) is 14.7. The molecule has 3 aromatic rings. The maximum absolute atomic E-state index is 13.6. The number of morpholine rings is 1. The van der Waals surface area contributed by atoms with E-state index in [9.17, 15) is 4.79 Å². The van der Waals surface area contributed by atoms with Crippen molar-refractivity contribution in [1.29, 1.82) is 0 Å². The maximum Gasteiger partial charge on any atom is 0.260 e. The fraction of sp³-hybridized carbons (Fsp3) is 0.440. The molecule has 1 aromatic heterocycles. The first-order valence-corrected chi connectivity index (χ1v) is 13.1. The van der Waals surface area contributed by atoms with Gasteiger partial charge in [-0.2, -0.15) is 0 Å². The van der Waals surface area contributed by atoms with Gasteiger partial charge in [-0.1, -0.05) is 18.3 Å². The first kappa shape index (κ1) is 23.2. The van der Waals surface area contributed by atoms with Crippen LogP contribution < -0.4 is 4.90 Å². The molecule has 0 bridgehead atoms. The Morgan fingerprint density at radius 1 is 1.16 bits per heavy atom. The van der Waals surface area contributed by atoms with Crippen molar-refractivity contribution in [2.45, 2.75) is 32.1 Å². The second-order valence-electron chi connectivity index (χ2n) is 8.12. The number of thioether (sulfide) groups is 1. The van der Waals surface area contributed by atoms with Crippen molar-refractivity contribution in [3.8, 4) is 0 Å². The van der Waals surface area contributed by atoms with E-state index in [4.69, 9.17) is 9.72 Å². The van der Waals surface area contributed by atoms with Gasteiger partial charge in [0.05, 0.1) is 23.4 Å². The van der Waals surface area contributed by atoms with Gasteiger partial charge in [0.2, 0.25) is 0 Å². The van der Waals surface area contributed by atoms with E-state index in [2.05, 4.69) is 37.8 Å². The van der Waals surface area contributed by atoms with Gasteiger partial charge in [0.15, 0.2) is 5.13 Å². The number of aryl methyl sites for hydroxylation is 2. The van der Waals surface area contributed by atoms with Crippen LogP contribution >= 0.6 is 23.1 Å². The molecule has 1 saturated heterocycles. The number of amides is 1. The van der Waals surface area contributed by atoms with Crippen molar-refractivity contribution in [3.05, 3.63) is 53.1 Å². The van der Waals surface area contributed by atoms with Crippen LogP contribution in [0.25, 0.3) is 10.2 Å². The summed E-state index contributed by atoms with van der Waals surface area (Å²) in [4.78, 5) is 23.9. The van der Waals surface area contributed by atoms with E-state index in [1.807, 2.05) is 29.2 Å². The Labute approximate surface area is 198 Å². The van der Waals surface area contributed by atoms with Gasteiger partial charge >= 0.3 is 0 Å². The molecule has 32 heavy (non-hydrogen) atoms. The third kappa shape index (κ3) is 5.52. The summed E-state index contributed by atoms with van der Waals surface area (Å²) in [6.07, 6.45) is 0.906. The molecule has 4 rings (SSSR count). The van der Waals surface area contributed by atoms with Crippen LogP contribution in [-0.4, -0.2) is 60.9 Å². The molecule has 0 atom stereocenters. The number of thiazole rings is 1. The highest BCUT2D eigenvalue weighted by Gasteiger charge is 2.22. The lowest BCUT2D eigenvalue weighted by Crippen LogP contribution is -2.39. The van der Waals surface area contributed by atoms with Gasteiger partial charge in [-0.3, -0.25) is 14.6 Å². The number of aromatic nitrogens is 1. The molecule has 7 heteroatoms. The van der Waals surface area contributed by atoms with E-state index >= 15 is 0 Å². The molecule has 170 valence electrons. The number of hydrogen-bond acceptors (Lipinski definition) is 6. The summed E-state index contributed by atoms with van der Waals surface area (Å²) in [6.45, 7) is 11.5. The highest BCUT2D eigenvalue weighted by molar-refractivity contribution is 7.99. The fourth-order valence-corrected chi connectivity index (χ4v) is 5.59. The second-order valence-corrected chi connectivity index (χ2v) is 10.5. The summed E-state index contributed by atoms with van der Waals surface area (Å²) in [5.74, 6) is 1.04. The minimum atomic E-state index is 0.0209. The van der Waals surface area contributed by atoms with E-state index in [-0.39, 0.29) is 5.91 Å². The highest BCUT2D eigenvalue weighted by atomic mass is 32.2. The molecule has 0 N–H and O–H groups in total. The average Bonchev–Trinajstić information content (AvgIpc) is 3.20. The van der Waals surface area contributed by atoms with Gasteiger partial charge in [-0.25, -0.2) is 4.98 Å². The topological polar surface area (TPSA) is 45.7 Å². The van der Waals surface area contributed by atoms with Crippen LogP contribution in [0.1, 0.15) is 34.8 Å². The number of fused-ring (bicyclic) bond motifs is 1. The standard InChI is InChI=1S/C25H31N3O2S2/c1-4-31-21-8-6-20(7-9-21)24(29)28(11-5-10-27-12-14-30-15-13-27)25-26-22-16-18(2)19(3)17-23(22)32-25/h6-9,16-17H,4-5,10-15H2,1-3H3. The highest BCUT2D eigenvalue weighted by Crippen LogP contribution is 2.32. The van der Waals surface area contributed by atoms with Crippen molar-refractivity contribution in [2.75, 3.05) is 50.0 Å². The Bertz CT molecular complexity index is 1020. The number of ether oxygens (including phenoxy) is 1. The molecule has 0 aliphatic carbocycles. The smallest absolute Gasteiger partial charge is 0.260 e. The van der Waals surface area contributed by atoms with Crippen LogP contribution in [0.15, 0.2) is 41.3 Å². The number of hydrogen-bond donors (Lipinski definition) is 0. The predicted molar refractivity (Wildman–Crippen MR) is 135 cm³/mol. The number of anilines is 1. The monoisotopic (exact) mass is 469 g/mol. The van der Waals surface area contributed by atoms with E-state index in [0.29, 0.717) is 12.1 Å². The minimum Gasteiger partial charge on any atom is -0.379 e. The van der Waals surface area contributed by atoms with Crippen LogP contribution in [0.2, 0.25) is 0 Å². The number of benzene rings is 2. The Morgan fingerprint density at radius 3 is 2.59 bits per heavy atom. The number of nitrogens with zero attached hydrogens (tertiary/aromatic N) is 3. The van der Waals surface area contributed by atoms with Crippen molar-refractivity contribution >= 4 is 44.4 Å². The Kier molecular flexibility index (Phi) is 7.84. The Balaban J connectivity index is 1.57. The lowest BCUT2D eigenvalue weighted by Gasteiger charge is -2.27. The third-order valence-corrected chi connectivity index (χ3v) is 7.78. The molecule has 0 spiro atoms. The van der Waals surface area contributed by atoms with E-state index in [0.717, 1.165) is 60.4 Å². The van der Waals surface area contributed by atoms with Crippen LogP contribution in [0, 0.1) is 13.8 Å². The molecule has 1 aliphatic heterocycles. The average molecular weight is 470 g/mol. The Hall–Kier alpha value is -1.93. The molecular formula is C25H31N3O2S2. The second kappa shape index (κ2) is 10.8. The quantitative estimate of drug-likeness (QED) is 0.414. The van der Waals surface area contributed by atoms with E-state index < -0.39 is 0 Å². The summed E-state index contributed by atoms with van der Waals surface area (Å²) in [5, 5.41) is 0.781. The van der Waals surface area contributed by atoms with E-state index in [1.165, 1.54) is 16.0 Å². The fourth-order valence-electron chi connectivity index (χ4n) is 3.86. The predicted octanol–water partition coefficient (Wildman–Crippen LogP) is 5.39. The number of rotatable bonds is 8. The third-order valence-electron chi connectivity index (χ3n) is 5.84. The summed E-state index contributed by atoms with van der Waals surface area (Å²) in [5.41, 5.74) is 4.16. The molecule has 5 nitrogen and oxygen atoms in total. The molecular weight excluding hydrogens is 438 g/mol. The van der Waals surface area contributed by atoms with Gasteiger partial charge in [0, 0.05) is 36.6 Å². The van der Waals surface area contributed by atoms with Crippen molar-refractivity contribution in [3.63, 3.8) is 0 Å². The largest absolute Gasteiger partial charge is 0.379 e. The molecule has 1 fully saturated rings. The van der Waals surface area contributed by atoms with Crippen molar-refractivity contribution in [1.82, 2.24) is 9.88 Å². The van der Waals surface area contributed by atoms with Crippen LogP contribution in [0.4, 0.5) is 5.13 Å². The molecule has 2 heterocycles. The van der Waals surface area contributed by atoms with Crippen molar-refractivity contribution in [2.24, 2.45) is 0 Å². The molecule has 1 amide bonds. The van der Waals surface area contributed by atoms with Gasteiger partial charge in [-0.05, 0) is 73.5 Å².